The molecule has 0 saturated carbocycles. The van der Waals surface area contributed by atoms with Crippen molar-refractivity contribution >= 4 is 5.97 Å². The SMILES string of the molecule is CCn1ccnc1Cc1ccc(C(=O)O)c(F)c1. The molecule has 5 heteroatoms. The number of halogens is 1. The van der Waals surface area contributed by atoms with E-state index in [-0.39, 0.29) is 5.56 Å². The topological polar surface area (TPSA) is 55.1 Å². The fourth-order valence-corrected chi connectivity index (χ4v) is 1.82. The Bertz CT molecular complexity index is 578. The van der Waals surface area contributed by atoms with Gasteiger partial charge in [0.2, 0.25) is 0 Å². The number of hydrogen-bond acceptors (Lipinski definition) is 2. The van der Waals surface area contributed by atoms with Crippen molar-refractivity contribution in [3.63, 3.8) is 0 Å². The average molecular weight is 248 g/mol. The van der Waals surface area contributed by atoms with Gasteiger partial charge in [-0.2, -0.15) is 0 Å². The van der Waals surface area contributed by atoms with Crippen LogP contribution in [0.5, 0.6) is 0 Å². The summed E-state index contributed by atoms with van der Waals surface area (Å²) < 4.78 is 15.5. The summed E-state index contributed by atoms with van der Waals surface area (Å²) in [4.78, 5) is 14.9. The maximum absolute atomic E-state index is 13.5. The van der Waals surface area contributed by atoms with E-state index in [1.807, 2.05) is 17.7 Å². The van der Waals surface area contributed by atoms with E-state index in [4.69, 9.17) is 5.11 Å². The number of carboxylic acids is 1. The number of rotatable bonds is 4. The van der Waals surface area contributed by atoms with Crippen molar-refractivity contribution in [1.82, 2.24) is 9.55 Å². The summed E-state index contributed by atoms with van der Waals surface area (Å²) in [5, 5.41) is 8.74. The molecule has 2 rings (SSSR count). The molecule has 0 fully saturated rings. The normalized spacial score (nSPS) is 10.6. The monoisotopic (exact) mass is 248 g/mol. The molecule has 0 unspecified atom stereocenters. The number of benzene rings is 1. The first-order valence-electron chi connectivity index (χ1n) is 5.63. The highest BCUT2D eigenvalue weighted by Crippen LogP contribution is 2.14. The zero-order valence-corrected chi connectivity index (χ0v) is 9.93. The third-order valence-electron chi connectivity index (χ3n) is 2.77. The molecule has 0 bridgehead atoms. The van der Waals surface area contributed by atoms with Gasteiger partial charge < -0.3 is 9.67 Å². The number of nitrogens with zero attached hydrogens (tertiary/aromatic N) is 2. The van der Waals surface area contributed by atoms with Crippen molar-refractivity contribution in [3.8, 4) is 0 Å². The van der Waals surface area contributed by atoms with Gasteiger partial charge in [-0.3, -0.25) is 0 Å². The average Bonchev–Trinajstić information content (AvgIpc) is 2.76. The van der Waals surface area contributed by atoms with Gasteiger partial charge in [0.05, 0.1) is 5.56 Å². The fraction of sp³-hybridized carbons (Fsp3) is 0.231. The lowest BCUT2D eigenvalue weighted by Gasteiger charge is -2.06. The molecule has 4 nitrogen and oxygen atoms in total. The van der Waals surface area contributed by atoms with Crippen LogP contribution >= 0.6 is 0 Å². The van der Waals surface area contributed by atoms with Crippen LogP contribution in [0.25, 0.3) is 0 Å². The Morgan fingerprint density at radius 3 is 2.89 bits per heavy atom. The molecule has 94 valence electrons. The second kappa shape index (κ2) is 5.00. The van der Waals surface area contributed by atoms with E-state index in [2.05, 4.69) is 4.98 Å². The zero-order chi connectivity index (χ0) is 13.1. The molecule has 0 aliphatic heterocycles. The van der Waals surface area contributed by atoms with Gasteiger partial charge in [-0.05, 0) is 24.6 Å². The van der Waals surface area contributed by atoms with Gasteiger partial charge in [-0.25, -0.2) is 14.2 Å². The van der Waals surface area contributed by atoms with Gasteiger partial charge in [0.15, 0.2) is 0 Å². The molecule has 0 spiro atoms. The smallest absolute Gasteiger partial charge is 0.338 e. The van der Waals surface area contributed by atoms with Gasteiger partial charge in [0.1, 0.15) is 11.6 Å². The van der Waals surface area contributed by atoms with E-state index < -0.39 is 11.8 Å². The number of aryl methyl sites for hydroxylation is 1. The van der Waals surface area contributed by atoms with Crippen LogP contribution in [0.3, 0.4) is 0 Å². The first-order valence-corrected chi connectivity index (χ1v) is 5.63. The van der Waals surface area contributed by atoms with Crippen LogP contribution in [0.2, 0.25) is 0 Å². The van der Waals surface area contributed by atoms with E-state index in [0.717, 1.165) is 12.4 Å². The Morgan fingerprint density at radius 1 is 1.50 bits per heavy atom. The van der Waals surface area contributed by atoms with Crippen molar-refractivity contribution in [2.45, 2.75) is 19.9 Å². The second-order valence-corrected chi connectivity index (χ2v) is 3.93. The number of carbonyl (C=O) groups is 1. The molecule has 1 heterocycles. The van der Waals surface area contributed by atoms with Crippen molar-refractivity contribution in [2.24, 2.45) is 0 Å². The van der Waals surface area contributed by atoms with Crippen LogP contribution in [0.1, 0.15) is 28.7 Å². The molecule has 0 aliphatic carbocycles. The Labute approximate surface area is 104 Å². The molecule has 18 heavy (non-hydrogen) atoms. The Kier molecular flexibility index (Phi) is 3.41. The highest BCUT2D eigenvalue weighted by Gasteiger charge is 2.11. The minimum atomic E-state index is -1.26. The quantitative estimate of drug-likeness (QED) is 0.903. The van der Waals surface area contributed by atoms with Crippen LogP contribution < -0.4 is 0 Å². The lowest BCUT2D eigenvalue weighted by atomic mass is 10.1. The number of aromatic nitrogens is 2. The lowest BCUT2D eigenvalue weighted by Crippen LogP contribution is -2.04. The Balaban J connectivity index is 2.25. The molecule has 1 aromatic carbocycles. The van der Waals surface area contributed by atoms with Crippen LogP contribution in [0.4, 0.5) is 4.39 Å². The predicted molar refractivity (Wildman–Crippen MR) is 64.1 cm³/mol. The van der Waals surface area contributed by atoms with Gasteiger partial charge in [-0.15, -0.1) is 0 Å². The highest BCUT2D eigenvalue weighted by molar-refractivity contribution is 5.87. The minimum absolute atomic E-state index is 0.308. The number of imidazole rings is 1. The summed E-state index contributed by atoms with van der Waals surface area (Å²) in [6, 6.07) is 4.14. The molecule has 2 aromatic rings. The zero-order valence-electron chi connectivity index (χ0n) is 9.93. The molecule has 0 saturated heterocycles. The van der Waals surface area contributed by atoms with Gasteiger partial charge in [0, 0.05) is 25.4 Å². The maximum atomic E-state index is 13.5. The molecule has 1 N–H and O–H groups in total. The molecule has 0 aliphatic rings. The third-order valence-corrected chi connectivity index (χ3v) is 2.77. The summed E-state index contributed by atoms with van der Waals surface area (Å²) in [5.74, 6) is -1.14. The molecular weight excluding hydrogens is 235 g/mol. The number of carboxylic acid groups (broad SMARTS) is 1. The predicted octanol–water partition coefficient (Wildman–Crippen LogP) is 2.33. The molecule has 0 radical (unpaired) electrons. The van der Waals surface area contributed by atoms with E-state index >= 15 is 0 Å². The highest BCUT2D eigenvalue weighted by atomic mass is 19.1. The van der Waals surface area contributed by atoms with Gasteiger partial charge in [-0.1, -0.05) is 6.07 Å². The van der Waals surface area contributed by atoms with E-state index in [9.17, 15) is 9.18 Å². The second-order valence-electron chi connectivity index (χ2n) is 3.93. The number of aromatic carboxylic acids is 1. The van der Waals surface area contributed by atoms with Crippen LogP contribution in [-0.4, -0.2) is 20.6 Å². The largest absolute Gasteiger partial charge is 0.478 e. The summed E-state index contributed by atoms with van der Waals surface area (Å²) in [6.07, 6.45) is 4.04. The van der Waals surface area contributed by atoms with Crippen LogP contribution in [-0.2, 0) is 13.0 Å². The van der Waals surface area contributed by atoms with Gasteiger partial charge in [0.25, 0.3) is 0 Å². The summed E-state index contributed by atoms with van der Waals surface area (Å²) in [5.41, 5.74) is 0.399. The van der Waals surface area contributed by atoms with Crippen LogP contribution in [0, 0.1) is 5.82 Å². The standard InChI is InChI=1S/C13H13FN2O2/c1-2-16-6-5-15-12(16)8-9-3-4-10(13(17)18)11(14)7-9/h3-7H,2,8H2,1H3,(H,17,18). The van der Waals surface area contributed by atoms with E-state index in [0.29, 0.717) is 12.0 Å². The lowest BCUT2D eigenvalue weighted by molar-refractivity contribution is 0.0692. The fourth-order valence-electron chi connectivity index (χ4n) is 1.82. The summed E-state index contributed by atoms with van der Waals surface area (Å²) in [7, 11) is 0. The third kappa shape index (κ3) is 2.40. The first kappa shape index (κ1) is 12.3. The number of hydrogen-bond donors (Lipinski definition) is 1. The van der Waals surface area contributed by atoms with E-state index in [1.54, 1.807) is 12.3 Å². The molecule has 1 aromatic heterocycles. The molecule has 0 atom stereocenters. The van der Waals surface area contributed by atoms with Gasteiger partial charge >= 0.3 is 5.97 Å². The Hall–Kier alpha value is -2.17. The van der Waals surface area contributed by atoms with Crippen molar-refractivity contribution in [1.29, 1.82) is 0 Å². The molecule has 0 amide bonds. The Morgan fingerprint density at radius 2 is 2.28 bits per heavy atom. The first-order chi connectivity index (χ1) is 8.61. The van der Waals surface area contributed by atoms with Crippen LogP contribution in [0.15, 0.2) is 30.6 Å². The maximum Gasteiger partial charge on any atom is 0.338 e. The van der Waals surface area contributed by atoms with Crippen molar-refractivity contribution in [2.75, 3.05) is 0 Å². The van der Waals surface area contributed by atoms with Crippen molar-refractivity contribution in [3.05, 3.63) is 53.4 Å². The summed E-state index contributed by atoms with van der Waals surface area (Å²) >= 11 is 0. The van der Waals surface area contributed by atoms with E-state index in [1.165, 1.54) is 12.1 Å². The minimum Gasteiger partial charge on any atom is -0.478 e. The summed E-state index contributed by atoms with van der Waals surface area (Å²) in [6.45, 7) is 2.80. The molecular formula is C13H13FN2O2. The van der Waals surface area contributed by atoms with Crippen molar-refractivity contribution < 1.29 is 14.3 Å².